The van der Waals surface area contributed by atoms with Crippen LogP contribution >= 0.6 is 11.6 Å². The Balaban J connectivity index is 2.82. The van der Waals surface area contributed by atoms with Gasteiger partial charge in [-0.05, 0) is 24.6 Å². The van der Waals surface area contributed by atoms with E-state index in [0.717, 1.165) is 0 Å². The topological polar surface area (TPSA) is 130 Å². The van der Waals surface area contributed by atoms with Crippen LogP contribution in [-0.2, 0) is 9.59 Å². The Morgan fingerprint density at radius 3 is 2.55 bits per heavy atom. The van der Waals surface area contributed by atoms with Crippen molar-refractivity contribution < 1.29 is 24.6 Å². The first kappa shape index (κ1) is 15.8. The van der Waals surface area contributed by atoms with E-state index < -0.39 is 23.8 Å². The Bertz CT molecular complexity index is 547. The molecule has 108 valence electrons. The molecule has 0 radical (unpaired) electrons. The van der Waals surface area contributed by atoms with Gasteiger partial charge in [-0.2, -0.15) is 0 Å². The van der Waals surface area contributed by atoms with Gasteiger partial charge in [-0.15, -0.1) is 0 Å². The van der Waals surface area contributed by atoms with Gasteiger partial charge in [-0.3, -0.25) is 9.59 Å². The number of primary amides is 1. The molecule has 2 amide bonds. The van der Waals surface area contributed by atoms with Gasteiger partial charge < -0.3 is 21.3 Å². The second-order valence-electron chi connectivity index (χ2n) is 4.03. The van der Waals surface area contributed by atoms with Gasteiger partial charge in [-0.25, -0.2) is 4.79 Å². The number of phenolic OH excluding ortho intramolecular Hbond substituents is 1. The molecule has 7 nitrogen and oxygen atoms in total. The van der Waals surface area contributed by atoms with E-state index in [4.69, 9.17) is 22.4 Å². The molecule has 0 aliphatic carbocycles. The van der Waals surface area contributed by atoms with Crippen molar-refractivity contribution in [2.75, 3.05) is 0 Å². The molecule has 0 spiro atoms. The van der Waals surface area contributed by atoms with E-state index in [1.54, 1.807) is 0 Å². The number of carbonyl (C=O) groups is 3. The number of benzene rings is 1. The lowest BCUT2D eigenvalue weighted by Gasteiger charge is -2.14. The van der Waals surface area contributed by atoms with Gasteiger partial charge in [0.1, 0.15) is 11.8 Å². The second-order valence-corrected chi connectivity index (χ2v) is 4.47. The largest absolute Gasteiger partial charge is 0.507 e. The van der Waals surface area contributed by atoms with Crippen LogP contribution in [0.3, 0.4) is 0 Å². The van der Waals surface area contributed by atoms with E-state index in [1.807, 2.05) is 0 Å². The predicted octanol–water partition coefficient (Wildman–Crippen LogP) is 0.494. The molecule has 0 fully saturated rings. The van der Waals surface area contributed by atoms with Crippen LogP contribution in [0.1, 0.15) is 23.2 Å². The minimum Gasteiger partial charge on any atom is -0.507 e. The fourth-order valence-electron chi connectivity index (χ4n) is 1.47. The van der Waals surface area contributed by atoms with E-state index in [2.05, 4.69) is 5.32 Å². The molecule has 1 rings (SSSR count). The third-order valence-corrected chi connectivity index (χ3v) is 2.72. The molecular weight excluding hydrogens is 288 g/mol. The van der Waals surface area contributed by atoms with Gasteiger partial charge in [0.05, 0.1) is 5.56 Å². The van der Waals surface area contributed by atoms with Crippen molar-refractivity contribution in [1.82, 2.24) is 5.32 Å². The first-order valence-electron chi connectivity index (χ1n) is 5.61. The minimum atomic E-state index is -1.30. The molecule has 1 aromatic rings. The molecule has 20 heavy (non-hydrogen) atoms. The number of carboxylic acids is 1. The van der Waals surface area contributed by atoms with E-state index in [9.17, 15) is 19.5 Å². The Labute approximate surface area is 119 Å². The monoisotopic (exact) mass is 300 g/mol. The van der Waals surface area contributed by atoms with Crippen molar-refractivity contribution >= 4 is 29.4 Å². The summed E-state index contributed by atoms with van der Waals surface area (Å²) in [6.07, 6.45) is -0.323. The van der Waals surface area contributed by atoms with Crippen molar-refractivity contribution in [3.63, 3.8) is 0 Å². The quantitative estimate of drug-likeness (QED) is 0.607. The van der Waals surface area contributed by atoms with Gasteiger partial charge >= 0.3 is 5.97 Å². The van der Waals surface area contributed by atoms with Crippen LogP contribution in [0.15, 0.2) is 18.2 Å². The van der Waals surface area contributed by atoms with Gasteiger partial charge in [0.2, 0.25) is 5.91 Å². The number of nitrogens with one attached hydrogen (secondary N) is 1. The summed E-state index contributed by atoms with van der Waals surface area (Å²) in [5.41, 5.74) is 4.77. The zero-order valence-electron chi connectivity index (χ0n) is 10.3. The Kier molecular flexibility index (Phi) is 5.33. The molecule has 0 saturated heterocycles. The number of nitrogens with two attached hydrogens (primary N) is 1. The molecule has 5 N–H and O–H groups in total. The summed E-state index contributed by atoms with van der Waals surface area (Å²) < 4.78 is 0. The van der Waals surface area contributed by atoms with Crippen LogP contribution < -0.4 is 11.1 Å². The van der Waals surface area contributed by atoms with Crippen LogP contribution in [0.4, 0.5) is 0 Å². The number of halogens is 1. The molecule has 0 saturated carbocycles. The number of aliphatic carboxylic acids is 1. The molecular formula is C12H13ClN2O5. The number of carbonyl (C=O) groups excluding carboxylic acids is 2. The highest BCUT2D eigenvalue weighted by molar-refractivity contribution is 6.31. The maximum Gasteiger partial charge on any atom is 0.326 e. The average molecular weight is 301 g/mol. The Hall–Kier alpha value is -2.28. The predicted molar refractivity (Wildman–Crippen MR) is 70.4 cm³/mol. The zero-order valence-corrected chi connectivity index (χ0v) is 11.1. The number of hydrogen-bond acceptors (Lipinski definition) is 4. The van der Waals surface area contributed by atoms with E-state index >= 15 is 0 Å². The average Bonchev–Trinajstić information content (AvgIpc) is 2.36. The third-order valence-electron chi connectivity index (χ3n) is 2.49. The number of carboxylic acid groups (broad SMARTS) is 1. The molecule has 0 aromatic heterocycles. The lowest BCUT2D eigenvalue weighted by atomic mass is 10.1. The summed E-state index contributed by atoms with van der Waals surface area (Å²) in [7, 11) is 0. The number of amides is 2. The van der Waals surface area contributed by atoms with Gasteiger partial charge in [0, 0.05) is 11.4 Å². The summed E-state index contributed by atoms with van der Waals surface area (Å²) in [6, 6.07) is 2.53. The van der Waals surface area contributed by atoms with Crippen LogP contribution in [0.5, 0.6) is 5.75 Å². The highest BCUT2D eigenvalue weighted by Gasteiger charge is 2.22. The number of aromatic hydroxyl groups is 1. The number of rotatable bonds is 6. The van der Waals surface area contributed by atoms with E-state index in [-0.39, 0.29) is 29.2 Å². The molecule has 1 atom stereocenters. The first-order valence-corrected chi connectivity index (χ1v) is 5.99. The molecule has 0 unspecified atom stereocenters. The molecule has 0 aliphatic rings. The summed E-state index contributed by atoms with van der Waals surface area (Å²) in [5, 5.41) is 20.9. The third kappa shape index (κ3) is 4.43. The zero-order chi connectivity index (χ0) is 15.3. The molecule has 0 bridgehead atoms. The van der Waals surface area contributed by atoms with Crippen molar-refractivity contribution in [3.8, 4) is 5.75 Å². The summed E-state index contributed by atoms with van der Waals surface area (Å²) in [5.74, 6) is -3.11. The second kappa shape index (κ2) is 6.76. The van der Waals surface area contributed by atoms with Gasteiger partial charge in [0.15, 0.2) is 0 Å². The first-order chi connectivity index (χ1) is 9.31. The Morgan fingerprint density at radius 2 is 2.00 bits per heavy atom. The minimum absolute atomic E-state index is 0.141. The molecule has 0 aliphatic heterocycles. The highest BCUT2D eigenvalue weighted by atomic mass is 35.5. The maximum atomic E-state index is 11.9. The summed E-state index contributed by atoms with van der Waals surface area (Å²) >= 11 is 5.69. The molecule has 0 heterocycles. The fraction of sp³-hybridized carbons (Fsp3) is 0.250. The SMILES string of the molecule is NC(=O)CC[C@@H](NC(=O)c1cc(Cl)ccc1O)C(=O)O. The Morgan fingerprint density at radius 1 is 1.35 bits per heavy atom. The van der Waals surface area contributed by atoms with Crippen LogP contribution in [0, 0.1) is 0 Å². The molecule has 8 heteroatoms. The maximum absolute atomic E-state index is 11.9. The number of phenols is 1. The van der Waals surface area contributed by atoms with E-state index in [0.29, 0.717) is 0 Å². The van der Waals surface area contributed by atoms with Crippen molar-refractivity contribution in [3.05, 3.63) is 28.8 Å². The summed E-state index contributed by atoms with van der Waals surface area (Å²) in [6.45, 7) is 0. The van der Waals surface area contributed by atoms with E-state index in [1.165, 1.54) is 18.2 Å². The molecule has 1 aromatic carbocycles. The normalized spacial score (nSPS) is 11.7. The van der Waals surface area contributed by atoms with Crippen molar-refractivity contribution in [2.45, 2.75) is 18.9 Å². The highest BCUT2D eigenvalue weighted by Crippen LogP contribution is 2.21. The lowest BCUT2D eigenvalue weighted by Crippen LogP contribution is -2.41. The van der Waals surface area contributed by atoms with Crippen molar-refractivity contribution in [2.24, 2.45) is 5.73 Å². The van der Waals surface area contributed by atoms with Crippen LogP contribution in [0.25, 0.3) is 0 Å². The van der Waals surface area contributed by atoms with Gasteiger partial charge in [-0.1, -0.05) is 11.6 Å². The van der Waals surface area contributed by atoms with Crippen LogP contribution in [-0.4, -0.2) is 34.0 Å². The smallest absolute Gasteiger partial charge is 0.326 e. The standard InChI is InChI=1S/C12H13ClN2O5/c13-6-1-3-9(16)7(5-6)11(18)15-8(12(19)20)2-4-10(14)17/h1,3,5,8,16H,2,4H2,(H2,14,17)(H,15,18)(H,19,20)/t8-/m1/s1. The number of hydrogen-bond donors (Lipinski definition) is 4. The summed E-state index contributed by atoms with van der Waals surface area (Å²) in [4.78, 5) is 33.5. The van der Waals surface area contributed by atoms with Crippen molar-refractivity contribution in [1.29, 1.82) is 0 Å². The van der Waals surface area contributed by atoms with Crippen LogP contribution in [0.2, 0.25) is 5.02 Å². The fourth-order valence-corrected chi connectivity index (χ4v) is 1.64. The lowest BCUT2D eigenvalue weighted by molar-refractivity contribution is -0.139. The van der Waals surface area contributed by atoms with Gasteiger partial charge in [0.25, 0.3) is 5.91 Å².